The molecule has 0 unspecified atom stereocenters. The minimum Gasteiger partial charge on any atom is -0.323 e. The number of hydrogen-bond donors (Lipinski definition) is 0. The standard InChI is InChI=1S/C12H15N.2C2H6/c1-5-10(3)8-13-9-11(4)7-12(13)6-2;2*1-2/h5-9H,1-2H2,3-4H3;2*1-2H3/b10-8-;;. The maximum atomic E-state index is 3.76. The molecular formula is C16H27N. The van der Waals surface area contributed by atoms with E-state index in [1.807, 2.05) is 53.0 Å². The van der Waals surface area contributed by atoms with Crippen molar-refractivity contribution in [2.45, 2.75) is 41.5 Å². The van der Waals surface area contributed by atoms with E-state index in [1.165, 1.54) is 5.56 Å². The topological polar surface area (TPSA) is 4.93 Å². The van der Waals surface area contributed by atoms with Gasteiger partial charge in [0.15, 0.2) is 0 Å². The van der Waals surface area contributed by atoms with Gasteiger partial charge in [0.1, 0.15) is 0 Å². The minimum atomic E-state index is 1.11. The molecule has 1 nitrogen and oxygen atoms in total. The van der Waals surface area contributed by atoms with E-state index in [4.69, 9.17) is 0 Å². The van der Waals surface area contributed by atoms with Crippen LogP contribution in [0.3, 0.4) is 0 Å². The van der Waals surface area contributed by atoms with Crippen molar-refractivity contribution in [1.82, 2.24) is 4.57 Å². The highest BCUT2D eigenvalue weighted by Crippen LogP contribution is 2.11. The molecule has 1 aromatic rings. The first-order valence-electron chi connectivity index (χ1n) is 6.29. The van der Waals surface area contributed by atoms with E-state index in [-0.39, 0.29) is 0 Å². The summed E-state index contributed by atoms with van der Waals surface area (Å²) in [6.07, 6.45) is 7.79. The largest absolute Gasteiger partial charge is 0.323 e. The van der Waals surface area contributed by atoms with Gasteiger partial charge in [0.25, 0.3) is 0 Å². The third-order valence-electron chi connectivity index (χ3n) is 1.89. The van der Waals surface area contributed by atoms with Gasteiger partial charge in [0.2, 0.25) is 0 Å². The zero-order chi connectivity index (χ0) is 13.8. The average molecular weight is 233 g/mol. The third-order valence-corrected chi connectivity index (χ3v) is 1.89. The number of nitrogens with zero attached hydrogens (tertiary/aromatic N) is 1. The zero-order valence-electron chi connectivity index (χ0n) is 12.2. The predicted molar refractivity (Wildman–Crippen MR) is 82.1 cm³/mol. The lowest BCUT2D eigenvalue weighted by Crippen LogP contribution is -1.87. The number of rotatable bonds is 3. The lowest BCUT2D eigenvalue weighted by Gasteiger charge is -1.99. The van der Waals surface area contributed by atoms with E-state index >= 15 is 0 Å². The summed E-state index contributed by atoms with van der Waals surface area (Å²) in [5, 5.41) is 0. The van der Waals surface area contributed by atoms with Gasteiger partial charge in [0.05, 0.1) is 0 Å². The second-order valence-electron chi connectivity index (χ2n) is 3.13. The number of aromatic nitrogens is 1. The fourth-order valence-electron chi connectivity index (χ4n) is 1.19. The van der Waals surface area contributed by atoms with Crippen molar-refractivity contribution in [3.63, 3.8) is 0 Å². The molecule has 0 aliphatic carbocycles. The lowest BCUT2D eigenvalue weighted by molar-refractivity contribution is 1.13. The predicted octanol–water partition coefficient (Wildman–Crippen LogP) is 5.54. The van der Waals surface area contributed by atoms with E-state index in [0.29, 0.717) is 0 Å². The Morgan fingerprint density at radius 2 is 1.71 bits per heavy atom. The first-order valence-corrected chi connectivity index (χ1v) is 6.29. The van der Waals surface area contributed by atoms with Gasteiger partial charge < -0.3 is 4.57 Å². The summed E-state index contributed by atoms with van der Waals surface area (Å²) < 4.78 is 2.05. The molecule has 0 aliphatic rings. The van der Waals surface area contributed by atoms with Crippen LogP contribution in [0.5, 0.6) is 0 Å². The van der Waals surface area contributed by atoms with E-state index in [0.717, 1.165) is 11.3 Å². The molecule has 0 radical (unpaired) electrons. The molecule has 0 bridgehead atoms. The highest BCUT2D eigenvalue weighted by molar-refractivity contribution is 5.51. The highest BCUT2D eigenvalue weighted by atomic mass is 14.9. The molecule has 0 N–H and O–H groups in total. The maximum absolute atomic E-state index is 3.76. The van der Waals surface area contributed by atoms with Crippen LogP contribution in [0.4, 0.5) is 0 Å². The molecule has 0 saturated carbocycles. The molecule has 1 heteroatoms. The first-order chi connectivity index (χ1) is 8.17. The Kier molecular flexibility index (Phi) is 11.6. The first kappa shape index (κ1) is 17.9. The monoisotopic (exact) mass is 233 g/mol. The zero-order valence-corrected chi connectivity index (χ0v) is 12.2. The molecule has 0 fully saturated rings. The Labute approximate surface area is 107 Å². The van der Waals surface area contributed by atoms with Gasteiger partial charge in [0, 0.05) is 18.1 Å². The molecule has 96 valence electrons. The molecular weight excluding hydrogens is 206 g/mol. The normalized spacial score (nSPS) is 9.41. The van der Waals surface area contributed by atoms with Crippen LogP contribution in [0.2, 0.25) is 0 Å². The van der Waals surface area contributed by atoms with Crippen molar-refractivity contribution in [3.05, 3.63) is 48.3 Å². The van der Waals surface area contributed by atoms with Crippen LogP contribution in [-0.4, -0.2) is 4.57 Å². The summed E-state index contributed by atoms with van der Waals surface area (Å²) in [5.74, 6) is 0. The van der Waals surface area contributed by atoms with Crippen molar-refractivity contribution >= 4 is 12.3 Å². The SMILES string of the molecule is C=C/C(C)=C\n1cc(C)cc1C=C.CC.CC. The van der Waals surface area contributed by atoms with Gasteiger partial charge in [-0.3, -0.25) is 0 Å². The summed E-state index contributed by atoms with van der Waals surface area (Å²) in [6.45, 7) is 19.6. The van der Waals surface area contributed by atoms with Crippen molar-refractivity contribution in [2.75, 3.05) is 0 Å². The summed E-state index contributed by atoms with van der Waals surface area (Å²) in [5.41, 5.74) is 3.49. The van der Waals surface area contributed by atoms with Gasteiger partial charge in [-0.2, -0.15) is 0 Å². The molecule has 1 rings (SSSR count). The van der Waals surface area contributed by atoms with Crippen molar-refractivity contribution in [2.24, 2.45) is 0 Å². The van der Waals surface area contributed by atoms with Crippen LogP contribution in [0.1, 0.15) is 45.9 Å². The van der Waals surface area contributed by atoms with Gasteiger partial charge >= 0.3 is 0 Å². The summed E-state index contributed by atoms with van der Waals surface area (Å²) >= 11 is 0. The van der Waals surface area contributed by atoms with Crippen LogP contribution in [0.25, 0.3) is 12.3 Å². The molecule has 1 aromatic heterocycles. The second kappa shape index (κ2) is 11.0. The molecule has 17 heavy (non-hydrogen) atoms. The van der Waals surface area contributed by atoms with Crippen LogP contribution in [0, 0.1) is 6.92 Å². The molecule has 1 heterocycles. The van der Waals surface area contributed by atoms with Crippen LogP contribution >= 0.6 is 0 Å². The van der Waals surface area contributed by atoms with E-state index in [9.17, 15) is 0 Å². The van der Waals surface area contributed by atoms with Gasteiger partial charge in [-0.05, 0) is 37.1 Å². The Morgan fingerprint density at radius 3 is 2.12 bits per heavy atom. The van der Waals surface area contributed by atoms with Crippen LogP contribution in [0.15, 0.2) is 37.1 Å². The quantitative estimate of drug-likeness (QED) is 0.604. The van der Waals surface area contributed by atoms with Gasteiger partial charge in [-0.25, -0.2) is 0 Å². The Balaban J connectivity index is 0. The van der Waals surface area contributed by atoms with Crippen LogP contribution < -0.4 is 0 Å². The second-order valence-corrected chi connectivity index (χ2v) is 3.13. The summed E-state index contributed by atoms with van der Waals surface area (Å²) in [4.78, 5) is 0. The van der Waals surface area contributed by atoms with Crippen LogP contribution in [-0.2, 0) is 0 Å². The summed E-state index contributed by atoms with van der Waals surface area (Å²) in [7, 11) is 0. The van der Waals surface area contributed by atoms with E-state index < -0.39 is 0 Å². The van der Waals surface area contributed by atoms with Crippen molar-refractivity contribution in [1.29, 1.82) is 0 Å². The van der Waals surface area contributed by atoms with Crippen molar-refractivity contribution < 1.29 is 0 Å². The lowest BCUT2D eigenvalue weighted by atomic mass is 10.3. The average Bonchev–Trinajstić information content (AvgIpc) is 2.74. The molecule has 0 aliphatic heterocycles. The Hall–Kier alpha value is -1.50. The fraction of sp³-hybridized carbons (Fsp3) is 0.375. The van der Waals surface area contributed by atoms with Gasteiger partial charge in [-0.1, -0.05) is 46.9 Å². The van der Waals surface area contributed by atoms with Crippen molar-refractivity contribution in [3.8, 4) is 0 Å². The fourth-order valence-corrected chi connectivity index (χ4v) is 1.19. The molecule has 0 atom stereocenters. The smallest absolute Gasteiger partial charge is 0.0446 e. The minimum absolute atomic E-state index is 1.11. The summed E-state index contributed by atoms with van der Waals surface area (Å²) in [6, 6.07) is 2.10. The highest BCUT2D eigenvalue weighted by Gasteiger charge is 1.96. The molecule has 0 amide bonds. The number of aryl methyl sites for hydroxylation is 1. The van der Waals surface area contributed by atoms with E-state index in [1.54, 1.807) is 0 Å². The Bertz CT molecular complexity index is 354. The number of allylic oxidation sites excluding steroid dienone is 2. The molecule has 0 saturated heterocycles. The number of hydrogen-bond acceptors (Lipinski definition) is 0. The third kappa shape index (κ3) is 6.62. The molecule has 0 aromatic carbocycles. The molecule has 0 spiro atoms. The van der Waals surface area contributed by atoms with E-state index in [2.05, 4.69) is 36.9 Å². The Morgan fingerprint density at radius 1 is 1.18 bits per heavy atom. The van der Waals surface area contributed by atoms with Gasteiger partial charge in [-0.15, -0.1) is 0 Å². The maximum Gasteiger partial charge on any atom is 0.0446 e.